The van der Waals surface area contributed by atoms with Gasteiger partial charge in [-0.2, -0.15) is 0 Å². The minimum absolute atomic E-state index is 0.100. The third-order valence-electron chi connectivity index (χ3n) is 8.51. The van der Waals surface area contributed by atoms with Gasteiger partial charge < -0.3 is 14.8 Å². The number of hydrogen-bond donors (Lipinski definition) is 1. The topological polar surface area (TPSA) is 54.3 Å². The van der Waals surface area contributed by atoms with Crippen molar-refractivity contribution in [2.75, 3.05) is 13.1 Å². The number of likely N-dealkylation sites (tertiary alicyclic amines) is 1. The second-order valence-corrected chi connectivity index (χ2v) is 10.9. The number of carbonyl (C=O) groups is 1. The number of fused-ring (bicyclic) bond motifs is 4. The summed E-state index contributed by atoms with van der Waals surface area (Å²) in [4.78, 5) is 27.8. The van der Waals surface area contributed by atoms with E-state index in [0.29, 0.717) is 16.9 Å². The van der Waals surface area contributed by atoms with Gasteiger partial charge >= 0.3 is 0 Å². The summed E-state index contributed by atoms with van der Waals surface area (Å²) in [5.74, 6) is 3.18. The fourth-order valence-corrected chi connectivity index (χ4v) is 8.00. The van der Waals surface area contributed by atoms with Crippen molar-refractivity contribution in [2.45, 2.75) is 57.4 Å². The Hall–Kier alpha value is -1.69. The number of nitrogens with one attached hydrogen (secondary N) is 1. The quantitative estimate of drug-likeness (QED) is 0.722. The van der Waals surface area contributed by atoms with E-state index in [0.717, 1.165) is 68.8 Å². The average Bonchev–Trinajstić information content (AvgIpc) is 2.67. The average molecular weight is 412 g/mol. The summed E-state index contributed by atoms with van der Waals surface area (Å²) in [7, 11) is 0. The fraction of sp³-hybridized carbons (Fsp3) is 0.696. The SMILES string of the molecule is O=C(NC(=S)N1C[C@H]2C[C@@H](C1)c1cccc(=O)n1C2)C12CC3CC(CC(C3)C1)C2. The molecule has 1 saturated heterocycles. The first-order valence-electron chi connectivity index (χ1n) is 11.3. The minimum Gasteiger partial charge on any atom is -0.348 e. The van der Waals surface area contributed by atoms with Gasteiger partial charge in [0.25, 0.3) is 5.56 Å². The van der Waals surface area contributed by atoms with Gasteiger partial charge in [-0.05, 0) is 86.9 Å². The molecule has 0 spiro atoms. The zero-order chi connectivity index (χ0) is 19.8. The Kier molecular flexibility index (Phi) is 4.00. The molecule has 29 heavy (non-hydrogen) atoms. The number of carbonyl (C=O) groups excluding carboxylic acids is 1. The van der Waals surface area contributed by atoms with Gasteiger partial charge in [0.1, 0.15) is 0 Å². The van der Waals surface area contributed by atoms with Gasteiger partial charge in [-0.25, -0.2) is 0 Å². The molecule has 4 saturated carbocycles. The van der Waals surface area contributed by atoms with Crippen molar-refractivity contribution in [1.29, 1.82) is 0 Å². The van der Waals surface area contributed by atoms with E-state index >= 15 is 0 Å². The molecule has 6 aliphatic rings. The Morgan fingerprint density at radius 3 is 2.34 bits per heavy atom. The molecule has 6 bridgehead atoms. The van der Waals surface area contributed by atoms with E-state index in [1.165, 1.54) is 19.3 Å². The molecule has 1 amide bonds. The minimum atomic E-state index is -0.162. The molecule has 0 radical (unpaired) electrons. The lowest BCUT2D eigenvalue weighted by molar-refractivity contribution is -0.144. The van der Waals surface area contributed by atoms with Crippen molar-refractivity contribution in [1.82, 2.24) is 14.8 Å². The molecule has 0 unspecified atom stereocenters. The van der Waals surface area contributed by atoms with Crippen molar-refractivity contribution in [3.05, 3.63) is 34.2 Å². The van der Waals surface area contributed by atoms with Gasteiger partial charge in [-0.15, -0.1) is 0 Å². The molecule has 2 atom stereocenters. The van der Waals surface area contributed by atoms with Gasteiger partial charge in [0.15, 0.2) is 5.11 Å². The highest BCUT2D eigenvalue weighted by atomic mass is 32.1. The third kappa shape index (κ3) is 2.89. The largest absolute Gasteiger partial charge is 0.348 e. The van der Waals surface area contributed by atoms with Gasteiger partial charge in [-0.1, -0.05) is 6.07 Å². The van der Waals surface area contributed by atoms with Crippen LogP contribution < -0.4 is 10.9 Å². The maximum Gasteiger partial charge on any atom is 0.250 e. The molecule has 2 aliphatic heterocycles. The van der Waals surface area contributed by atoms with Crippen LogP contribution in [0.1, 0.15) is 56.6 Å². The van der Waals surface area contributed by atoms with Crippen LogP contribution in [0.25, 0.3) is 0 Å². The van der Waals surface area contributed by atoms with Gasteiger partial charge in [0, 0.05) is 37.3 Å². The van der Waals surface area contributed by atoms with E-state index in [9.17, 15) is 9.59 Å². The van der Waals surface area contributed by atoms with Crippen LogP contribution in [0.15, 0.2) is 23.0 Å². The number of rotatable bonds is 1. The number of nitrogens with zero attached hydrogens (tertiary/aromatic N) is 2. The molecule has 3 heterocycles. The standard InChI is InChI=1S/C23H29N3O2S/c27-20-3-1-2-19-18-7-17(12-26(19)20)11-25(13-18)22(29)24-21(28)23-8-14-4-15(9-23)6-16(5-14)10-23/h1-3,14-18H,4-13H2,(H,24,28,29)/t14?,15?,16?,17-,18+,23?/m1/s1. The van der Waals surface area contributed by atoms with Crippen LogP contribution in [-0.2, 0) is 11.3 Å². The Morgan fingerprint density at radius 1 is 0.966 bits per heavy atom. The first-order valence-corrected chi connectivity index (χ1v) is 11.7. The molecule has 5 fully saturated rings. The van der Waals surface area contributed by atoms with Gasteiger partial charge in [-0.3, -0.25) is 9.59 Å². The first-order chi connectivity index (χ1) is 14.0. The van der Waals surface area contributed by atoms with E-state index in [-0.39, 0.29) is 16.9 Å². The predicted molar refractivity (Wildman–Crippen MR) is 114 cm³/mol. The van der Waals surface area contributed by atoms with Gasteiger partial charge in [0.2, 0.25) is 5.91 Å². The molecule has 7 rings (SSSR count). The number of thiocarbonyl (C=S) groups is 1. The number of hydrogen-bond acceptors (Lipinski definition) is 3. The molecule has 1 aromatic rings. The molecular weight excluding hydrogens is 382 g/mol. The predicted octanol–water partition coefficient (Wildman–Crippen LogP) is 2.88. The lowest BCUT2D eigenvalue weighted by atomic mass is 9.49. The Morgan fingerprint density at radius 2 is 1.66 bits per heavy atom. The number of pyridine rings is 1. The van der Waals surface area contributed by atoms with Crippen LogP contribution in [0.5, 0.6) is 0 Å². The molecule has 4 aliphatic carbocycles. The molecule has 0 aromatic carbocycles. The van der Waals surface area contributed by atoms with Crippen LogP contribution in [0.2, 0.25) is 0 Å². The van der Waals surface area contributed by atoms with E-state index in [2.05, 4.69) is 16.3 Å². The van der Waals surface area contributed by atoms with E-state index in [1.54, 1.807) is 6.07 Å². The number of amides is 1. The van der Waals surface area contributed by atoms with Crippen molar-refractivity contribution in [3.8, 4) is 0 Å². The smallest absolute Gasteiger partial charge is 0.250 e. The summed E-state index contributed by atoms with van der Waals surface area (Å²) in [5, 5.41) is 3.79. The normalized spacial score (nSPS) is 39.2. The first kappa shape index (κ1) is 18.1. The van der Waals surface area contributed by atoms with Crippen LogP contribution in [0.4, 0.5) is 0 Å². The highest BCUT2D eigenvalue weighted by Gasteiger charge is 2.54. The lowest BCUT2D eigenvalue weighted by Gasteiger charge is -2.55. The van der Waals surface area contributed by atoms with Crippen molar-refractivity contribution in [2.24, 2.45) is 29.1 Å². The lowest BCUT2D eigenvalue weighted by Crippen LogP contribution is -2.58. The van der Waals surface area contributed by atoms with Crippen molar-refractivity contribution < 1.29 is 4.79 Å². The fourth-order valence-electron chi connectivity index (χ4n) is 7.76. The third-order valence-corrected chi connectivity index (χ3v) is 8.87. The second-order valence-electron chi connectivity index (χ2n) is 10.6. The van der Waals surface area contributed by atoms with Gasteiger partial charge in [0.05, 0.1) is 5.41 Å². The number of aromatic nitrogens is 1. The molecule has 154 valence electrons. The zero-order valence-corrected chi connectivity index (χ0v) is 17.6. The summed E-state index contributed by atoms with van der Waals surface area (Å²) in [5.41, 5.74) is 1.06. The summed E-state index contributed by atoms with van der Waals surface area (Å²) >= 11 is 5.73. The second kappa shape index (κ2) is 6.40. The zero-order valence-electron chi connectivity index (χ0n) is 16.8. The Labute approximate surface area is 176 Å². The van der Waals surface area contributed by atoms with Crippen molar-refractivity contribution >= 4 is 23.2 Å². The van der Waals surface area contributed by atoms with Crippen molar-refractivity contribution in [3.63, 3.8) is 0 Å². The van der Waals surface area contributed by atoms with Crippen LogP contribution in [0.3, 0.4) is 0 Å². The van der Waals surface area contributed by atoms with Crippen LogP contribution in [0, 0.1) is 29.1 Å². The molecule has 5 nitrogen and oxygen atoms in total. The van der Waals surface area contributed by atoms with Crippen LogP contribution in [-0.4, -0.2) is 33.6 Å². The van der Waals surface area contributed by atoms with E-state index < -0.39 is 0 Å². The maximum absolute atomic E-state index is 13.4. The highest BCUT2D eigenvalue weighted by molar-refractivity contribution is 7.80. The van der Waals surface area contributed by atoms with Crippen LogP contribution >= 0.6 is 12.2 Å². The Bertz CT molecular complexity index is 903. The summed E-state index contributed by atoms with van der Waals surface area (Å²) in [6.07, 6.45) is 8.31. The summed E-state index contributed by atoms with van der Waals surface area (Å²) in [6.45, 7) is 2.38. The maximum atomic E-state index is 13.4. The molecule has 1 aromatic heterocycles. The Balaban J connectivity index is 1.18. The molecule has 6 heteroatoms. The van der Waals surface area contributed by atoms with E-state index in [1.807, 2.05) is 10.6 Å². The number of piperidine rings is 1. The highest BCUT2D eigenvalue weighted by Crippen LogP contribution is 2.60. The molecular formula is C23H29N3O2S. The monoisotopic (exact) mass is 411 g/mol. The summed E-state index contributed by atoms with van der Waals surface area (Å²) in [6, 6.07) is 5.59. The molecule has 1 N–H and O–H groups in total. The van der Waals surface area contributed by atoms with E-state index in [4.69, 9.17) is 12.2 Å². The summed E-state index contributed by atoms with van der Waals surface area (Å²) < 4.78 is 1.94.